The molecule has 0 aliphatic carbocycles. The fourth-order valence-electron chi connectivity index (χ4n) is 5.08. The number of nitrogens with one attached hydrogen (secondary N) is 2. The van der Waals surface area contributed by atoms with Crippen LogP contribution in [0, 0.1) is 0 Å². The Balaban J connectivity index is 1.51. The summed E-state index contributed by atoms with van der Waals surface area (Å²) in [5, 5.41) is 18.8. The molecule has 2 amide bonds. The van der Waals surface area contributed by atoms with Crippen molar-refractivity contribution in [2.45, 2.75) is 13.5 Å². The maximum atomic E-state index is 12.4. The number of aromatic hydroxyl groups is 1. The van der Waals surface area contributed by atoms with Crippen LogP contribution in [0.3, 0.4) is 0 Å². The largest absolute Gasteiger partial charge is 0.507 e. The van der Waals surface area contributed by atoms with Crippen molar-refractivity contribution in [2.24, 2.45) is 0 Å². The Morgan fingerprint density at radius 2 is 1.73 bits per heavy atom. The predicted octanol–water partition coefficient (Wildman–Crippen LogP) is 4.77. The molecule has 2 heterocycles. The number of phenols is 1. The van der Waals surface area contributed by atoms with Crippen molar-refractivity contribution in [3.63, 3.8) is 0 Å². The molecule has 0 unspecified atom stereocenters. The average Bonchev–Trinajstić information content (AvgIpc) is 3.25. The number of hydrogen-bond donors (Lipinski definition) is 3. The fourth-order valence-corrected chi connectivity index (χ4v) is 5.36. The van der Waals surface area contributed by atoms with Crippen molar-refractivity contribution in [3.8, 4) is 28.0 Å². The van der Waals surface area contributed by atoms with Gasteiger partial charge in [0, 0.05) is 69.7 Å². The molecular weight excluding hydrogens is 486 g/mol. The molecule has 2 aliphatic rings. The number of amides is 2. The molecule has 2 aliphatic heterocycles. The van der Waals surface area contributed by atoms with Crippen molar-refractivity contribution in [1.29, 1.82) is 0 Å². The number of para-hydroxylation sites is 1. The second-order valence-corrected chi connectivity index (χ2v) is 10.0. The van der Waals surface area contributed by atoms with E-state index in [2.05, 4.69) is 40.7 Å². The third-order valence-corrected chi connectivity index (χ3v) is 7.45. The van der Waals surface area contributed by atoms with Crippen LogP contribution in [0.15, 0.2) is 54.6 Å². The van der Waals surface area contributed by atoms with Gasteiger partial charge in [-0.15, -0.1) is 0 Å². The first-order valence-corrected chi connectivity index (χ1v) is 13.3. The number of carbonyl (C=O) groups is 1. The Morgan fingerprint density at radius 3 is 2.41 bits per heavy atom. The monoisotopic (exact) mass is 519 g/mol. The number of phenolic OH excluding ortho intramolecular Hbond substituents is 1. The summed E-state index contributed by atoms with van der Waals surface area (Å²) in [6.07, 6.45) is 0. The molecule has 5 rings (SSSR count). The predicted molar refractivity (Wildman–Crippen MR) is 152 cm³/mol. The molecule has 0 saturated carbocycles. The van der Waals surface area contributed by atoms with Crippen LogP contribution in [0.25, 0.3) is 22.3 Å². The number of nitrogens with zero attached hydrogens (tertiary/aromatic N) is 3. The lowest BCUT2D eigenvalue weighted by Crippen LogP contribution is -2.43. The summed E-state index contributed by atoms with van der Waals surface area (Å²) in [7, 11) is 1.79. The average molecular weight is 520 g/mol. The van der Waals surface area contributed by atoms with Crippen molar-refractivity contribution < 1.29 is 9.90 Å². The van der Waals surface area contributed by atoms with E-state index in [0.717, 1.165) is 56.0 Å². The SMILES string of the molecule is CCNCc1cc(-c2cccc(-c3ccc(N4CCN(C)C4=O)c(Cl)c3)c2O)cc(N2CCNCC2)c1. The third-order valence-electron chi connectivity index (χ3n) is 7.15. The zero-order chi connectivity index (χ0) is 25.9. The number of anilines is 2. The number of hydrogen-bond acceptors (Lipinski definition) is 5. The molecule has 0 radical (unpaired) electrons. The van der Waals surface area contributed by atoms with E-state index >= 15 is 0 Å². The number of halogens is 1. The molecule has 194 valence electrons. The minimum absolute atomic E-state index is 0.0581. The quantitative estimate of drug-likeness (QED) is 0.419. The normalized spacial score (nSPS) is 16.1. The topological polar surface area (TPSA) is 71.1 Å². The lowest BCUT2D eigenvalue weighted by atomic mass is 9.95. The van der Waals surface area contributed by atoms with Gasteiger partial charge in [-0.05, 0) is 53.6 Å². The van der Waals surface area contributed by atoms with Gasteiger partial charge in [0.2, 0.25) is 0 Å². The van der Waals surface area contributed by atoms with Crippen LogP contribution in [0.2, 0.25) is 5.02 Å². The van der Waals surface area contributed by atoms with Crippen LogP contribution in [-0.2, 0) is 6.54 Å². The minimum Gasteiger partial charge on any atom is -0.507 e. The molecule has 0 aromatic heterocycles. The summed E-state index contributed by atoms with van der Waals surface area (Å²) in [5.41, 5.74) is 6.32. The summed E-state index contributed by atoms with van der Waals surface area (Å²) >= 11 is 6.65. The van der Waals surface area contributed by atoms with Gasteiger partial charge in [-0.3, -0.25) is 4.90 Å². The number of benzene rings is 3. The van der Waals surface area contributed by atoms with Crippen LogP contribution < -0.4 is 20.4 Å². The van der Waals surface area contributed by atoms with Gasteiger partial charge in [0.1, 0.15) is 5.75 Å². The lowest BCUT2D eigenvalue weighted by Gasteiger charge is -2.30. The number of piperazine rings is 1. The second-order valence-electron chi connectivity index (χ2n) is 9.63. The highest BCUT2D eigenvalue weighted by molar-refractivity contribution is 6.34. The molecule has 3 aromatic rings. The third kappa shape index (κ3) is 5.25. The highest BCUT2D eigenvalue weighted by Gasteiger charge is 2.28. The van der Waals surface area contributed by atoms with E-state index in [9.17, 15) is 9.90 Å². The van der Waals surface area contributed by atoms with Gasteiger partial charge < -0.3 is 25.5 Å². The van der Waals surface area contributed by atoms with Gasteiger partial charge in [0.25, 0.3) is 0 Å². The van der Waals surface area contributed by atoms with Crippen LogP contribution in [-0.4, -0.2) is 68.9 Å². The molecule has 3 N–H and O–H groups in total. The molecule has 0 atom stereocenters. The second kappa shape index (κ2) is 11.0. The van der Waals surface area contributed by atoms with Crippen LogP contribution >= 0.6 is 11.6 Å². The number of urea groups is 1. The number of rotatable bonds is 7. The van der Waals surface area contributed by atoms with E-state index in [1.54, 1.807) is 16.8 Å². The van der Waals surface area contributed by atoms with E-state index in [4.69, 9.17) is 11.6 Å². The number of likely N-dealkylation sites (N-methyl/N-ethyl adjacent to an activating group) is 1. The standard InChI is InChI=1S/C29H34ClN5O2/c1-3-31-19-20-15-22(17-23(16-20)34-11-9-32-10-12-34)25-6-4-5-24(28(25)36)21-7-8-27(26(30)18-21)35-14-13-33(2)29(35)37/h4-8,15-18,31-32,36H,3,9-14,19H2,1-2H3. The molecular formula is C29H34ClN5O2. The smallest absolute Gasteiger partial charge is 0.324 e. The van der Waals surface area contributed by atoms with Gasteiger partial charge in [-0.2, -0.15) is 0 Å². The number of carbonyl (C=O) groups excluding carboxylic acids is 1. The molecule has 7 nitrogen and oxygen atoms in total. The summed E-state index contributed by atoms with van der Waals surface area (Å²) in [5.74, 6) is 0.218. The van der Waals surface area contributed by atoms with E-state index in [0.29, 0.717) is 29.4 Å². The maximum Gasteiger partial charge on any atom is 0.324 e. The van der Waals surface area contributed by atoms with Gasteiger partial charge in [0.05, 0.1) is 10.7 Å². The first-order valence-electron chi connectivity index (χ1n) is 12.9. The van der Waals surface area contributed by atoms with Crippen LogP contribution in [0.5, 0.6) is 5.75 Å². The zero-order valence-corrected chi connectivity index (χ0v) is 22.2. The summed E-state index contributed by atoms with van der Waals surface area (Å²) in [6.45, 7) is 8.87. The van der Waals surface area contributed by atoms with Crippen molar-refractivity contribution in [3.05, 3.63) is 65.2 Å². The van der Waals surface area contributed by atoms with E-state index < -0.39 is 0 Å². The molecule has 8 heteroatoms. The highest BCUT2D eigenvalue weighted by atomic mass is 35.5. The summed E-state index contributed by atoms with van der Waals surface area (Å²) in [6, 6.07) is 17.9. The Morgan fingerprint density at radius 1 is 0.973 bits per heavy atom. The van der Waals surface area contributed by atoms with Crippen molar-refractivity contribution >= 4 is 29.0 Å². The Labute approximate surface area is 223 Å². The van der Waals surface area contributed by atoms with Gasteiger partial charge in [-0.1, -0.05) is 42.8 Å². The van der Waals surface area contributed by atoms with Crippen LogP contribution in [0.4, 0.5) is 16.2 Å². The zero-order valence-electron chi connectivity index (χ0n) is 21.4. The fraction of sp³-hybridized carbons (Fsp3) is 0.345. The molecule has 0 bridgehead atoms. The molecule has 0 spiro atoms. The Hall–Kier alpha value is -3.26. The van der Waals surface area contributed by atoms with E-state index in [1.165, 1.54) is 11.3 Å². The summed E-state index contributed by atoms with van der Waals surface area (Å²) < 4.78 is 0. The van der Waals surface area contributed by atoms with Crippen molar-refractivity contribution in [1.82, 2.24) is 15.5 Å². The Kier molecular flexibility index (Phi) is 7.55. The van der Waals surface area contributed by atoms with E-state index in [1.807, 2.05) is 36.4 Å². The van der Waals surface area contributed by atoms with Gasteiger partial charge >= 0.3 is 6.03 Å². The first-order chi connectivity index (χ1) is 18.0. The lowest BCUT2D eigenvalue weighted by molar-refractivity contribution is 0.229. The highest BCUT2D eigenvalue weighted by Crippen LogP contribution is 2.41. The van der Waals surface area contributed by atoms with Gasteiger partial charge in [-0.25, -0.2) is 4.79 Å². The Bertz CT molecular complexity index is 1290. The first kappa shape index (κ1) is 25.4. The summed E-state index contributed by atoms with van der Waals surface area (Å²) in [4.78, 5) is 18.2. The van der Waals surface area contributed by atoms with Crippen LogP contribution in [0.1, 0.15) is 12.5 Å². The molecule has 3 aromatic carbocycles. The maximum absolute atomic E-state index is 12.4. The van der Waals surface area contributed by atoms with Gasteiger partial charge in [0.15, 0.2) is 0 Å². The van der Waals surface area contributed by atoms with E-state index in [-0.39, 0.29) is 11.8 Å². The molecule has 2 fully saturated rings. The minimum atomic E-state index is -0.0581. The molecule has 37 heavy (non-hydrogen) atoms. The molecule has 2 saturated heterocycles. The van der Waals surface area contributed by atoms with Crippen molar-refractivity contribution in [2.75, 3.05) is 62.7 Å².